The van der Waals surface area contributed by atoms with Crippen molar-refractivity contribution in [2.75, 3.05) is 0 Å². The Labute approximate surface area is 93.2 Å². The zero-order chi connectivity index (χ0) is 12.0. The van der Waals surface area contributed by atoms with Gasteiger partial charge in [-0.1, -0.05) is 29.8 Å². The largest absolute Gasteiger partial charge is 0.478 e. The molecule has 1 aromatic carbocycles. The third kappa shape index (κ3) is 4.41. The molecule has 0 aliphatic rings. The second kappa shape index (κ2) is 5.70. The SMILES string of the molecule is Cc1ccc(COC(=O)/C=C\C(=O)O)cc1. The van der Waals surface area contributed by atoms with E-state index in [1.165, 1.54) is 0 Å². The number of aryl methyl sites for hydroxylation is 1. The summed E-state index contributed by atoms with van der Waals surface area (Å²) in [5.41, 5.74) is 1.99. The monoisotopic (exact) mass is 220 g/mol. The molecule has 16 heavy (non-hydrogen) atoms. The molecule has 1 aromatic rings. The Morgan fingerprint density at radius 3 is 2.44 bits per heavy atom. The molecule has 4 heteroatoms. The fourth-order valence-corrected chi connectivity index (χ4v) is 1.03. The van der Waals surface area contributed by atoms with Gasteiger partial charge in [-0.25, -0.2) is 9.59 Å². The van der Waals surface area contributed by atoms with Crippen molar-refractivity contribution in [3.05, 3.63) is 47.5 Å². The first-order valence-corrected chi connectivity index (χ1v) is 4.71. The van der Waals surface area contributed by atoms with Gasteiger partial charge in [0.05, 0.1) is 0 Å². The number of ether oxygens (including phenoxy) is 1. The molecule has 0 aliphatic carbocycles. The Bertz CT molecular complexity index is 404. The Morgan fingerprint density at radius 2 is 1.88 bits per heavy atom. The lowest BCUT2D eigenvalue weighted by Gasteiger charge is -2.02. The van der Waals surface area contributed by atoms with Gasteiger partial charge in [-0.05, 0) is 12.5 Å². The highest BCUT2D eigenvalue weighted by Gasteiger charge is 1.99. The van der Waals surface area contributed by atoms with E-state index in [0.717, 1.165) is 23.3 Å². The van der Waals surface area contributed by atoms with Gasteiger partial charge >= 0.3 is 11.9 Å². The second-order valence-corrected chi connectivity index (χ2v) is 3.26. The summed E-state index contributed by atoms with van der Waals surface area (Å²) >= 11 is 0. The first kappa shape index (κ1) is 12.0. The summed E-state index contributed by atoms with van der Waals surface area (Å²) in [6.07, 6.45) is 1.63. The van der Waals surface area contributed by atoms with Crippen molar-refractivity contribution in [3.63, 3.8) is 0 Å². The van der Waals surface area contributed by atoms with Crippen molar-refractivity contribution in [1.82, 2.24) is 0 Å². The van der Waals surface area contributed by atoms with Gasteiger partial charge in [0.1, 0.15) is 6.61 Å². The summed E-state index contributed by atoms with van der Waals surface area (Å²) in [5.74, 6) is -1.84. The van der Waals surface area contributed by atoms with Crippen molar-refractivity contribution >= 4 is 11.9 Å². The van der Waals surface area contributed by atoms with Crippen LogP contribution in [0, 0.1) is 6.92 Å². The summed E-state index contributed by atoms with van der Waals surface area (Å²) in [7, 11) is 0. The molecule has 0 atom stereocenters. The third-order valence-corrected chi connectivity index (χ3v) is 1.86. The van der Waals surface area contributed by atoms with Crippen LogP contribution < -0.4 is 0 Å². The molecule has 0 unspecified atom stereocenters. The minimum Gasteiger partial charge on any atom is -0.478 e. The molecule has 0 fully saturated rings. The maximum Gasteiger partial charge on any atom is 0.331 e. The maximum absolute atomic E-state index is 11.0. The topological polar surface area (TPSA) is 63.6 Å². The van der Waals surface area contributed by atoms with Crippen LogP contribution in [-0.4, -0.2) is 17.0 Å². The molecule has 0 spiro atoms. The molecule has 0 saturated heterocycles. The lowest BCUT2D eigenvalue weighted by atomic mass is 10.2. The predicted molar refractivity (Wildman–Crippen MR) is 57.8 cm³/mol. The van der Waals surface area contributed by atoms with Gasteiger partial charge in [-0.3, -0.25) is 0 Å². The van der Waals surface area contributed by atoms with E-state index in [1.807, 2.05) is 31.2 Å². The number of carboxylic acids is 1. The maximum atomic E-state index is 11.0. The molecule has 0 aliphatic heterocycles. The fraction of sp³-hybridized carbons (Fsp3) is 0.167. The van der Waals surface area contributed by atoms with Gasteiger partial charge < -0.3 is 9.84 Å². The zero-order valence-electron chi connectivity index (χ0n) is 8.84. The number of carboxylic acid groups (broad SMARTS) is 1. The van der Waals surface area contributed by atoms with E-state index in [2.05, 4.69) is 0 Å². The molecule has 1 N–H and O–H groups in total. The average molecular weight is 220 g/mol. The molecule has 0 heterocycles. The van der Waals surface area contributed by atoms with E-state index in [0.29, 0.717) is 0 Å². The van der Waals surface area contributed by atoms with Crippen LogP contribution in [0.25, 0.3) is 0 Å². The highest BCUT2D eigenvalue weighted by atomic mass is 16.5. The van der Waals surface area contributed by atoms with Crippen LogP contribution in [0.5, 0.6) is 0 Å². The lowest BCUT2D eigenvalue weighted by Crippen LogP contribution is -2.02. The first-order valence-electron chi connectivity index (χ1n) is 4.71. The molecule has 0 amide bonds. The van der Waals surface area contributed by atoms with Crippen LogP contribution in [0.15, 0.2) is 36.4 Å². The van der Waals surface area contributed by atoms with Crippen LogP contribution >= 0.6 is 0 Å². The number of benzene rings is 1. The van der Waals surface area contributed by atoms with Gasteiger partial charge in [-0.15, -0.1) is 0 Å². The second-order valence-electron chi connectivity index (χ2n) is 3.26. The summed E-state index contributed by atoms with van der Waals surface area (Å²) < 4.78 is 4.83. The number of rotatable bonds is 4. The summed E-state index contributed by atoms with van der Waals surface area (Å²) in [5, 5.41) is 8.28. The van der Waals surface area contributed by atoms with Crippen LogP contribution in [0.4, 0.5) is 0 Å². The zero-order valence-corrected chi connectivity index (χ0v) is 8.84. The fourth-order valence-electron chi connectivity index (χ4n) is 1.03. The minimum atomic E-state index is -1.17. The summed E-state index contributed by atoms with van der Waals surface area (Å²) in [6.45, 7) is 2.11. The molecular weight excluding hydrogens is 208 g/mol. The van der Waals surface area contributed by atoms with E-state index in [1.54, 1.807) is 0 Å². The van der Waals surface area contributed by atoms with Crippen molar-refractivity contribution in [2.24, 2.45) is 0 Å². The van der Waals surface area contributed by atoms with Crippen molar-refractivity contribution < 1.29 is 19.4 Å². The van der Waals surface area contributed by atoms with Gasteiger partial charge in [0.2, 0.25) is 0 Å². The normalized spacial score (nSPS) is 10.3. The smallest absolute Gasteiger partial charge is 0.331 e. The number of esters is 1. The van der Waals surface area contributed by atoms with Gasteiger partial charge in [0, 0.05) is 12.2 Å². The van der Waals surface area contributed by atoms with Crippen LogP contribution in [0.1, 0.15) is 11.1 Å². The molecule has 84 valence electrons. The highest BCUT2D eigenvalue weighted by Crippen LogP contribution is 2.04. The number of hydrogen-bond acceptors (Lipinski definition) is 3. The van der Waals surface area contributed by atoms with Gasteiger partial charge in [0.25, 0.3) is 0 Å². The third-order valence-electron chi connectivity index (χ3n) is 1.86. The Morgan fingerprint density at radius 1 is 1.25 bits per heavy atom. The molecule has 0 bridgehead atoms. The summed E-state index contributed by atoms with van der Waals surface area (Å²) in [4.78, 5) is 21.1. The van der Waals surface area contributed by atoms with Crippen molar-refractivity contribution in [3.8, 4) is 0 Å². The van der Waals surface area contributed by atoms with E-state index in [9.17, 15) is 9.59 Å². The number of hydrogen-bond donors (Lipinski definition) is 1. The lowest BCUT2D eigenvalue weighted by molar-refractivity contribution is -0.139. The van der Waals surface area contributed by atoms with E-state index in [-0.39, 0.29) is 6.61 Å². The number of carbonyl (C=O) groups is 2. The number of carbonyl (C=O) groups excluding carboxylic acids is 1. The minimum absolute atomic E-state index is 0.142. The Hall–Kier alpha value is -2.10. The molecule has 0 saturated carbocycles. The van der Waals surface area contributed by atoms with Gasteiger partial charge in [-0.2, -0.15) is 0 Å². The molecule has 1 rings (SSSR count). The molecule has 0 aromatic heterocycles. The Balaban J connectivity index is 2.43. The highest BCUT2D eigenvalue weighted by molar-refractivity contribution is 5.90. The van der Waals surface area contributed by atoms with Crippen LogP contribution in [-0.2, 0) is 20.9 Å². The molecule has 0 radical (unpaired) electrons. The quantitative estimate of drug-likeness (QED) is 0.619. The van der Waals surface area contributed by atoms with E-state index < -0.39 is 11.9 Å². The van der Waals surface area contributed by atoms with Crippen molar-refractivity contribution in [2.45, 2.75) is 13.5 Å². The van der Waals surface area contributed by atoms with E-state index in [4.69, 9.17) is 9.84 Å². The molecular formula is C12H12O4. The predicted octanol–water partition coefficient (Wildman–Crippen LogP) is 1.68. The Kier molecular flexibility index (Phi) is 4.27. The van der Waals surface area contributed by atoms with E-state index >= 15 is 0 Å². The van der Waals surface area contributed by atoms with Crippen LogP contribution in [0.3, 0.4) is 0 Å². The standard InChI is InChI=1S/C12H12O4/c1-9-2-4-10(5-3-9)8-16-12(15)7-6-11(13)14/h2-7H,8H2,1H3,(H,13,14)/b7-6-. The average Bonchev–Trinajstić information content (AvgIpc) is 2.25. The number of aliphatic carboxylic acids is 1. The van der Waals surface area contributed by atoms with Crippen LogP contribution in [0.2, 0.25) is 0 Å². The van der Waals surface area contributed by atoms with Gasteiger partial charge in [0.15, 0.2) is 0 Å². The summed E-state index contributed by atoms with van der Waals surface area (Å²) in [6, 6.07) is 7.53. The molecule has 4 nitrogen and oxygen atoms in total. The van der Waals surface area contributed by atoms with Crippen molar-refractivity contribution in [1.29, 1.82) is 0 Å². The first-order chi connectivity index (χ1) is 7.58.